The summed E-state index contributed by atoms with van der Waals surface area (Å²) in [7, 11) is 0. The van der Waals surface area contributed by atoms with E-state index in [9.17, 15) is 34.8 Å². The zero-order chi connectivity index (χ0) is 30.6. The smallest absolute Gasteiger partial charge is 0.209 e. The van der Waals surface area contributed by atoms with E-state index >= 15 is 0 Å². The van der Waals surface area contributed by atoms with Crippen LogP contribution in [0.3, 0.4) is 0 Å². The van der Waals surface area contributed by atoms with Crippen molar-refractivity contribution in [1.82, 2.24) is 0 Å². The lowest BCUT2D eigenvalue weighted by molar-refractivity contribution is -0.171. The summed E-state index contributed by atoms with van der Waals surface area (Å²) in [5.74, 6) is -4.95. The molecule has 0 amide bonds. The third-order valence-corrected chi connectivity index (χ3v) is 10.0. The van der Waals surface area contributed by atoms with Gasteiger partial charge in [0.25, 0.3) is 0 Å². The van der Waals surface area contributed by atoms with Crippen LogP contribution in [0, 0.1) is 22.7 Å². The number of phenols is 1. The molecule has 0 aromatic heterocycles. The number of rotatable bonds is 4. The number of phenolic OH excluding ortho intramolecular Hbond substituents is 1. The van der Waals surface area contributed by atoms with Crippen LogP contribution in [0.15, 0.2) is 46.5 Å². The zero-order valence-electron chi connectivity index (χ0n) is 25.1. The molecular weight excluding hydrogens is 520 g/mol. The summed E-state index contributed by atoms with van der Waals surface area (Å²) in [6.07, 6.45) is 4.90. The van der Waals surface area contributed by atoms with Gasteiger partial charge in [0.05, 0.1) is 5.56 Å². The van der Waals surface area contributed by atoms with E-state index in [0.717, 1.165) is 23.6 Å². The molecule has 4 atom stereocenters. The number of benzene rings is 1. The summed E-state index contributed by atoms with van der Waals surface area (Å²) in [5, 5.41) is 47.0. The lowest BCUT2D eigenvalue weighted by Gasteiger charge is -2.59. The summed E-state index contributed by atoms with van der Waals surface area (Å²) in [6.45, 7) is 14.3. The number of hydrogen-bond donors (Lipinski definition) is 4. The van der Waals surface area contributed by atoms with Gasteiger partial charge < -0.3 is 20.4 Å². The van der Waals surface area contributed by atoms with Crippen molar-refractivity contribution >= 4 is 22.9 Å². The molecule has 4 N–H and O–H groups in total. The molecule has 7 nitrogen and oxygen atoms in total. The second kappa shape index (κ2) is 9.02. The largest absolute Gasteiger partial charge is 0.511 e. The first-order chi connectivity index (χ1) is 18.9. The SMILES string of the molecule is CC(=O)C1=C(O)C(C(C)C)[C@@]2(C)C[C@@]3(C)Cc4c(C(C)C)cc(C5=CC=C(C)C5)c(O)c4C(=O)C3=C(O)[C@@]2(O)C1=O. The number of allylic oxidation sites excluding steroid dienone is 6. The molecule has 4 aliphatic carbocycles. The molecule has 218 valence electrons. The lowest BCUT2D eigenvalue weighted by atomic mass is 9.44. The zero-order valence-corrected chi connectivity index (χ0v) is 25.1. The highest BCUT2D eigenvalue weighted by atomic mass is 16.3. The Hall–Kier alpha value is -3.45. The van der Waals surface area contributed by atoms with Gasteiger partial charge in [-0.15, -0.1) is 0 Å². The predicted molar refractivity (Wildman–Crippen MR) is 156 cm³/mol. The molecule has 4 aliphatic rings. The Labute approximate surface area is 241 Å². The van der Waals surface area contributed by atoms with Gasteiger partial charge in [0, 0.05) is 27.9 Å². The van der Waals surface area contributed by atoms with E-state index in [4.69, 9.17) is 0 Å². The van der Waals surface area contributed by atoms with Crippen LogP contribution in [-0.4, -0.2) is 43.4 Å². The van der Waals surface area contributed by atoms with Crippen molar-refractivity contribution in [3.05, 3.63) is 68.7 Å². The van der Waals surface area contributed by atoms with Crippen molar-refractivity contribution in [3.8, 4) is 5.75 Å². The lowest BCUT2D eigenvalue weighted by Crippen LogP contribution is -2.67. The normalized spacial score (nSPS) is 31.3. The highest BCUT2D eigenvalue weighted by Gasteiger charge is 2.71. The molecule has 0 saturated carbocycles. The van der Waals surface area contributed by atoms with Crippen molar-refractivity contribution in [2.75, 3.05) is 0 Å². The standard InChI is InChI=1S/C34H40O7/c1-15(2)20-12-21(19-10-9-17(5)11-19)27(36)24-22(20)13-32(7)14-33(8)25(16(3)4)28(37)23(18(6)35)30(39)34(33,41)31(40)26(32)29(24)38/h9-10,12,15-16,25,36-37,40-41H,11,13-14H2,1-8H3/t25?,32-,33-,34+/m1/s1. The molecule has 0 radical (unpaired) electrons. The molecule has 0 bridgehead atoms. The number of aliphatic hydroxyl groups is 3. The number of aliphatic hydroxyl groups excluding tert-OH is 2. The molecule has 0 saturated heterocycles. The van der Waals surface area contributed by atoms with Gasteiger partial charge in [-0.05, 0) is 67.7 Å². The fraction of sp³-hybridized carbons (Fsp3) is 0.500. The Bertz CT molecular complexity index is 1570. The molecular formula is C34H40O7. The average molecular weight is 561 g/mol. The summed E-state index contributed by atoms with van der Waals surface area (Å²) in [4.78, 5) is 40.9. The molecule has 0 heterocycles. The average Bonchev–Trinajstić information content (AvgIpc) is 3.26. The minimum Gasteiger partial charge on any atom is -0.511 e. The highest BCUT2D eigenvalue weighted by Crippen LogP contribution is 2.65. The van der Waals surface area contributed by atoms with Gasteiger partial charge in [0.15, 0.2) is 17.2 Å². The number of carbonyl (C=O) groups is 3. The summed E-state index contributed by atoms with van der Waals surface area (Å²) >= 11 is 0. The van der Waals surface area contributed by atoms with Crippen LogP contribution in [0.4, 0.5) is 0 Å². The number of Topliss-reactive ketones (excluding diaryl/α,β-unsaturated/α-hetero) is 3. The minimum absolute atomic E-state index is 0.0237. The first-order valence-corrected chi connectivity index (χ1v) is 14.4. The first kappa shape index (κ1) is 29.1. The van der Waals surface area contributed by atoms with Gasteiger partial charge >= 0.3 is 0 Å². The van der Waals surface area contributed by atoms with Crippen LogP contribution in [0.2, 0.25) is 0 Å². The van der Waals surface area contributed by atoms with E-state index in [-0.39, 0.29) is 47.3 Å². The predicted octanol–water partition coefficient (Wildman–Crippen LogP) is 6.20. The fourth-order valence-corrected chi connectivity index (χ4v) is 8.43. The van der Waals surface area contributed by atoms with E-state index in [1.54, 1.807) is 6.92 Å². The maximum Gasteiger partial charge on any atom is 0.209 e. The Morgan fingerprint density at radius 1 is 1.05 bits per heavy atom. The summed E-state index contributed by atoms with van der Waals surface area (Å²) in [5.41, 5.74) is -1.49. The van der Waals surface area contributed by atoms with E-state index in [0.29, 0.717) is 17.5 Å². The molecule has 5 rings (SSSR count). The number of aromatic hydroxyl groups is 1. The van der Waals surface area contributed by atoms with Gasteiger partial charge in [0.2, 0.25) is 5.78 Å². The maximum absolute atomic E-state index is 14.5. The van der Waals surface area contributed by atoms with Crippen molar-refractivity contribution < 1.29 is 34.8 Å². The molecule has 1 unspecified atom stereocenters. The topological polar surface area (TPSA) is 132 Å². The monoisotopic (exact) mass is 560 g/mol. The van der Waals surface area contributed by atoms with E-state index in [2.05, 4.69) is 0 Å². The number of carbonyl (C=O) groups excluding carboxylic acids is 3. The molecule has 0 fully saturated rings. The van der Waals surface area contributed by atoms with Crippen molar-refractivity contribution in [2.24, 2.45) is 22.7 Å². The third kappa shape index (κ3) is 3.64. The Kier molecular flexibility index (Phi) is 6.39. The van der Waals surface area contributed by atoms with Gasteiger partial charge in [-0.25, -0.2) is 0 Å². The van der Waals surface area contributed by atoms with Crippen molar-refractivity contribution in [1.29, 1.82) is 0 Å². The second-order valence-electron chi connectivity index (χ2n) is 13.7. The van der Waals surface area contributed by atoms with Gasteiger partial charge in [-0.1, -0.05) is 59.3 Å². The van der Waals surface area contributed by atoms with Crippen LogP contribution in [-0.2, 0) is 16.0 Å². The van der Waals surface area contributed by atoms with Crippen LogP contribution in [0.5, 0.6) is 5.75 Å². The van der Waals surface area contributed by atoms with E-state index in [1.807, 2.05) is 59.8 Å². The van der Waals surface area contributed by atoms with E-state index in [1.165, 1.54) is 0 Å². The fourth-order valence-electron chi connectivity index (χ4n) is 8.43. The van der Waals surface area contributed by atoms with Gasteiger partial charge in [-0.3, -0.25) is 14.4 Å². The third-order valence-electron chi connectivity index (χ3n) is 10.0. The Morgan fingerprint density at radius 2 is 1.68 bits per heavy atom. The summed E-state index contributed by atoms with van der Waals surface area (Å²) < 4.78 is 0. The summed E-state index contributed by atoms with van der Waals surface area (Å²) in [6, 6.07) is 1.96. The van der Waals surface area contributed by atoms with E-state index < -0.39 is 51.0 Å². The number of fused-ring (bicyclic) bond motifs is 3. The molecule has 1 aromatic rings. The molecule has 0 spiro atoms. The maximum atomic E-state index is 14.5. The van der Waals surface area contributed by atoms with Crippen LogP contribution >= 0.6 is 0 Å². The highest BCUT2D eigenvalue weighted by molar-refractivity contribution is 6.25. The molecule has 7 heteroatoms. The molecule has 41 heavy (non-hydrogen) atoms. The number of hydrogen-bond acceptors (Lipinski definition) is 7. The quantitative estimate of drug-likeness (QED) is 0.322. The Morgan fingerprint density at radius 3 is 2.20 bits per heavy atom. The van der Waals surface area contributed by atoms with Crippen LogP contribution in [0.1, 0.15) is 101 Å². The second-order valence-corrected chi connectivity index (χ2v) is 13.7. The van der Waals surface area contributed by atoms with Crippen molar-refractivity contribution in [3.63, 3.8) is 0 Å². The number of ketones is 3. The van der Waals surface area contributed by atoms with Crippen LogP contribution in [0.25, 0.3) is 5.57 Å². The first-order valence-electron chi connectivity index (χ1n) is 14.4. The van der Waals surface area contributed by atoms with Crippen molar-refractivity contribution in [2.45, 2.75) is 86.2 Å². The van der Waals surface area contributed by atoms with Gasteiger partial charge in [0.1, 0.15) is 22.8 Å². The van der Waals surface area contributed by atoms with Gasteiger partial charge in [-0.2, -0.15) is 0 Å². The minimum atomic E-state index is -2.61. The molecule has 1 aromatic carbocycles. The Balaban J connectivity index is 1.82. The molecule has 0 aliphatic heterocycles. The van der Waals surface area contributed by atoms with Crippen LogP contribution < -0.4 is 0 Å².